The molecule has 0 aliphatic carbocycles. The first-order chi connectivity index (χ1) is 6.65. The van der Waals surface area contributed by atoms with Gasteiger partial charge >= 0.3 is 0 Å². The molecule has 0 amide bonds. The highest BCUT2D eigenvalue weighted by atomic mass is 35.5. The summed E-state index contributed by atoms with van der Waals surface area (Å²) < 4.78 is 0. The third kappa shape index (κ3) is 4.26. The zero-order valence-corrected chi connectivity index (χ0v) is 9.89. The van der Waals surface area contributed by atoms with Gasteiger partial charge in [0.1, 0.15) is 5.75 Å². The van der Waals surface area contributed by atoms with E-state index in [1.807, 2.05) is 0 Å². The van der Waals surface area contributed by atoms with E-state index in [-0.39, 0.29) is 24.2 Å². The first-order valence-corrected chi connectivity index (χ1v) is 4.97. The van der Waals surface area contributed by atoms with E-state index in [9.17, 15) is 5.11 Å². The summed E-state index contributed by atoms with van der Waals surface area (Å²) in [5.74, 6) is 0.193. The van der Waals surface area contributed by atoms with Gasteiger partial charge in [-0.1, -0.05) is 11.6 Å². The van der Waals surface area contributed by atoms with Crippen LogP contribution >= 0.6 is 24.0 Å². The number of rotatable bonds is 4. The second-order valence-electron chi connectivity index (χ2n) is 3.24. The van der Waals surface area contributed by atoms with Crippen molar-refractivity contribution in [2.45, 2.75) is 18.9 Å². The molecule has 1 aromatic rings. The average molecular weight is 251 g/mol. The number of nitrogens with two attached hydrogens (primary N) is 2. The number of halogens is 2. The highest BCUT2D eigenvalue weighted by molar-refractivity contribution is 6.30. The number of aromatic hydroxyl groups is 1. The van der Waals surface area contributed by atoms with E-state index in [0.29, 0.717) is 17.1 Å². The van der Waals surface area contributed by atoms with E-state index in [1.165, 1.54) is 0 Å². The number of phenols is 1. The maximum Gasteiger partial charge on any atom is 0.120 e. The van der Waals surface area contributed by atoms with Gasteiger partial charge in [-0.15, -0.1) is 12.4 Å². The highest BCUT2D eigenvalue weighted by Crippen LogP contribution is 2.28. The standard InChI is InChI=1S/C10H15ClN2O.ClH/c11-7-3-4-10(14)8(6-7)9(13)2-1-5-12;/h3-4,6,9,14H,1-2,5,12-13H2;1H/t9-;/m0./s1. The Morgan fingerprint density at radius 3 is 2.67 bits per heavy atom. The van der Waals surface area contributed by atoms with Crippen molar-refractivity contribution in [3.05, 3.63) is 28.8 Å². The molecular weight excluding hydrogens is 235 g/mol. The lowest BCUT2D eigenvalue weighted by molar-refractivity contribution is 0.457. The van der Waals surface area contributed by atoms with Crippen LogP contribution in [0.2, 0.25) is 5.02 Å². The molecule has 0 aliphatic rings. The van der Waals surface area contributed by atoms with Crippen molar-refractivity contribution in [3.63, 3.8) is 0 Å². The number of hydrogen-bond donors (Lipinski definition) is 3. The Kier molecular flexibility index (Phi) is 6.68. The van der Waals surface area contributed by atoms with Gasteiger partial charge in [0.15, 0.2) is 0 Å². The van der Waals surface area contributed by atoms with E-state index in [0.717, 1.165) is 12.8 Å². The quantitative estimate of drug-likeness (QED) is 0.768. The molecule has 0 spiro atoms. The summed E-state index contributed by atoms with van der Waals surface area (Å²) in [5.41, 5.74) is 11.9. The molecule has 1 rings (SSSR count). The molecule has 1 aromatic carbocycles. The molecule has 0 radical (unpaired) electrons. The maximum absolute atomic E-state index is 9.53. The van der Waals surface area contributed by atoms with Crippen LogP contribution in [-0.2, 0) is 0 Å². The minimum atomic E-state index is -0.197. The lowest BCUT2D eigenvalue weighted by atomic mass is 10.0. The van der Waals surface area contributed by atoms with Crippen LogP contribution in [0.15, 0.2) is 18.2 Å². The molecule has 3 nitrogen and oxygen atoms in total. The van der Waals surface area contributed by atoms with Gasteiger partial charge < -0.3 is 16.6 Å². The van der Waals surface area contributed by atoms with Crippen LogP contribution in [-0.4, -0.2) is 11.7 Å². The van der Waals surface area contributed by atoms with Crippen LogP contribution in [0.5, 0.6) is 5.75 Å². The number of phenolic OH excluding ortho intramolecular Hbond substituents is 1. The van der Waals surface area contributed by atoms with E-state index >= 15 is 0 Å². The van der Waals surface area contributed by atoms with Gasteiger partial charge in [-0.2, -0.15) is 0 Å². The van der Waals surface area contributed by atoms with Crippen molar-refractivity contribution in [1.29, 1.82) is 0 Å². The lowest BCUT2D eigenvalue weighted by Gasteiger charge is -2.13. The molecule has 0 aliphatic heterocycles. The summed E-state index contributed by atoms with van der Waals surface area (Å²) in [5, 5.41) is 10.1. The Labute approximate surface area is 101 Å². The zero-order valence-electron chi connectivity index (χ0n) is 8.32. The summed E-state index contributed by atoms with van der Waals surface area (Å²) in [6, 6.07) is 4.69. The molecule has 86 valence electrons. The molecular formula is C10H16Cl2N2O. The first-order valence-electron chi connectivity index (χ1n) is 4.59. The van der Waals surface area contributed by atoms with Gasteiger partial charge in [0.25, 0.3) is 0 Å². The van der Waals surface area contributed by atoms with Crippen molar-refractivity contribution in [1.82, 2.24) is 0 Å². The molecule has 15 heavy (non-hydrogen) atoms. The summed E-state index contributed by atoms with van der Waals surface area (Å²) in [6.07, 6.45) is 1.59. The Balaban J connectivity index is 0.00000196. The van der Waals surface area contributed by atoms with E-state index in [4.69, 9.17) is 23.1 Å². The molecule has 1 atom stereocenters. The van der Waals surface area contributed by atoms with Gasteiger partial charge in [0.05, 0.1) is 0 Å². The Hall–Kier alpha value is -0.480. The predicted molar refractivity (Wildman–Crippen MR) is 65.6 cm³/mol. The molecule has 0 saturated carbocycles. The molecule has 0 aromatic heterocycles. The Morgan fingerprint density at radius 2 is 2.07 bits per heavy atom. The van der Waals surface area contributed by atoms with E-state index in [2.05, 4.69) is 0 Å². The lowest BCUT2D eigenvalue weighted by Crippen LogP contribution is -2.12. The summed E-state index contributed by atoms with van der Waals surface area (Å²) in [7, 11) is 0. The monoisotopic (exact) mass is 250 g/mol. The van der Waals surface area contributed by atoms with Crippen molar-refractivity contribution in [3.8, 4) is 5.75 Å². The topological polar surface area (TPSA) is 72.3 Å². The minimum absolute atomic E-state index is 0. The number of benzene rings is 1. The molecule has 0 unspecified atom stereocenters. The third-order valence-electron chi connectivity index (χ3n) is 2.11. The largest absolute Gasteiger partial charge is 0.508 e. The van der Waals surface area contributed by atoms with Crippen molar-refractivity contribution >= 4 is 24.0 Å². The first kappa shape index (κ1) is 14.5. The van der Waals surface area contributed by atoms with Gasteiger partial charge in [-0.25, -0.2) is 0 Å². The van der Waals surface area contributed by atoms with Crippen LogP contribution in [0, 0.1) is 0 Å². The van der Waals surface area contributed by atoms with Gasteiger partial charge in [-0.05, 0) is 37.6 Å². The van der Waals surface area contributed by atoms with E-state index < -0.39 is 0 Å². The van der Waals surface area contributed by atoms with Gasteiger partial charge in [0, 0.05) is 16.6 Å². The van der Waals surface area contributed by atoms with Gasteiger partial charge in [-0.3, -0.25) is 0 Å². The zero-order chi connectivity index (χ0) is 10.6. The molecule has 0 fully saturated rings. The van der Waals surface area contributed by atoms with Crippen LogP contribution in [0.3, 0.4) is 0 Å². The summed E-state index contributed by atoms with van der Waals surface area (Å²) in [6.45, 7) is 0.606. The van der Waals surface area contributed by atoms with Crippen molar-refractivity contribution in [2.24, 2.45) is 11.5 Å². The average Bonchev–Trinajstić information content (AvgIpc) is 2.18. The Bertz CT molecular complexity index is 307. The molecule has 5 N–H and O–H groups in total. The smallest absolute Gasteiger partial charge is 0.120 e. The predicted octanol–water partition coefficient (Wildman–Crippen LogP) is 2.21. The summed E-state index contributed by atoms with van der Waals surface area (Å²) in [4.78, 5) is 0. The molecule has 0 bridgehead atoms. The maximum atomic E-state index is 9.53. The highest BCUT2D eigenvalue weighted by Gasteiger charge is 2.10. The van der Waals surface area contributed by atoms with Crippen LogP contribution < -0.4 is 11.5 Å². The van der Waals surface area contributed by atoms with Crippen molar-refractivity contribution in [2.75, 3.05) is 6.54 Å². The van der Waals surface area contributed by atoms with Crippen LogP contribution in [0.1, 0.15) is 24.4 Å². The van der Waals surface area contributed by atoms with Crippen LogP contribution in [0.4, 0.5) is 0 Å². The second-order valence-corrected chi connectivity index (χ2v) is 3.68. The number of hydrogen-bond acceptors (Lipinski definition) is 3. The fraction of sp³-hybridized carbons (Fsp3) is 0.400. The fourth-order valence-electron chi connectivity index (χ4n) is 1.32. The second kappa shape index (κ2) is 6.90. The SMILES string of the molecule is Cl.NCCC[C@H](N)c1cc(Cl)ccc1O. The van der Waals surface area contributed by atoms with E-state index in [1.54, 1.807) is 18.2 Å². The molecule has 5 heteroatoms. The van der Waals surface area contributed by atoms with Gasteiger partial charge in [0.2, 0.25) is 0 Å². The minimum Gasteiger partial charge on any atom is -0.508 e. The normalized spacial score (nSPS) is 11.9. The third-order valence-corrected chi connectivity index (χ3v) is 2.34. The van der Waals surface area contributed by atoms with Crippen molar-refractivity contribution < 1.29 is 5.11 Å². The molecule has 0 heterocycles. The Morgan fingerprint density at radius 1 is 1.40 bits per heavy atom. The fourth-order valence-corrected chi connectivity index (χ4v) is 1.50. The molecule has 0 saturated heterocycles. The van der Waals surface area contributed by atoms with Crippen LogP contribution in [0.25, 0.3) is 0 Å². The summed E-state index contributed by atoms with van der Waals surface area (Å²) >= 11 is 5.80.